The molecule has 0 radical (unpaired) electrons. The van der Waals surface area contributed by atoms with E-state index in [1.807, 2.05) is 0 Å². The highest BCUT2D eigenvalue weighted by Gasteiger charge is 2.28. The summed E-state index contributed by atoms with van der Waals surface area (Å²) >= 11 is 0. The lowest BCUT2D eigenvalue weighted by Gasteiger charge is -2.20. The summed E-state index contributed by atoms with van der Waals surface area (Å²) in [5, 5.41) is 10.9. The second-order valence-electron chi connectivity index (χ2n) is 4.24. The molecule has 0 bridgehead atoms. The van der Waals surface area contributed by atoms with Gasteiger partial charge in [-0.1, -0.05) is 0 Å². The van der Waals surface area contributed by atoms with Crippen molar-refractivity contribution in [2.75, 3.05) is 25.6 Å². The first kappa shape index (κ1) is 16.7. The molecule has 0 saturated heterocycles. The zero-order valence-electron chi connectivity index (χ0n) is 11.3. The predicted molar refractivity (Wildman–Crippen MR) is 68.4 cm³/mol. The molecule has 0 aliphatic rings. The van der Waals surface area contributed by atoms with Crippen molar-refractivity contribution in [1.82, 2.24) is 0 Å². The molecule has 9 heteroatoms. The number of nitrogens with zero attached hydrogens (tertiary/aromatic N) is 2. The summed E-state index contributed by atoms with van der Waals surface area (Å²) in [5.74, 6) is -0.727. The Balaban J connectivity index is 3.11. The van der Waals surface area contributed by atoms with Crippen molar-refractivity contribution in [3.63, 3.8) is 0 Å². The second kappa shape index (κ2) is 6.42. The molecule has 1 rings (SSSR count). The average molecular weight is 306 g/mol. The third-order valence-electron chi connectivity index (χ3n) is 2.74. The van der Waals surface area contributed by atoms with Gasteiger partial charge in [-0.15, -0.1) is 0 Å². The maximum absolute atomic E-state index is 12.2. The molecule has 0 saturated carbocycles. The first-order valence-electron chi connectivity index (χ1n) is 5.80. The Morgan fingerprint density at radius 3 is 2.52 bits per heavy atom. The van der Waals surface area contributed by atoms with Gasteiger partial charge in [-0.2, -0.15) is 13.2 Å². The van der Waals surface area contributed by atoms with E-state index in [0.717, 1.165) is 24.1 Å². The first-order valence-corrected chi connectivity index (χ1v) is 5.80. The zero-order valence-corrected chi connectivity index (χ0v) is 11.3. The molecule has 6 nitrogen and oxygen atoms in total. The molecule has 0 heterocycles. The number of rotatable bonds is 5. The maximum Gasteiger partial charge on any atom is 0.390 e. The number of benzene rings is 1. The van der Waals surface area contributed by atoms with Crippen LogP contribution in [0.15, 0.2) is 18.2 Å². The Kier molecular flexibility index (Phi) is 5.12. The molecule has 1 aromatic carbocycles. The van der Waals surface area contributed by atoms with Crippen molar-refractivity contribution in [2.24, 2.45) is 0 Å². The quantitative estimate of drug-likeness (QED) is 0.475. The third kappa shape index (κ3) is 4.62. The highest BCUT2D eigenvalue weighted by Crippen LogP contribution is 2.30. The molecule has 0 fully saturated rings. The van der Waals surface area contributed by atoms with Gasteiger partial charge < -0.3 is 9.64 Å². The molecule has 0 spiro atoms. The van der Waals surface area contributed by atoms with Crippen LogP contribution in [-0.2, 0) is 4.74 Å². The van der Waals surface area contributed by atoms with Crippen LogP contribution in [-0.4, -0.2) is 37.8 Å². The van der Waals surface area contributed by atoms with Crippen LogP contribution in [0.1, 0.15) is 16.8 Å². The second-order valence-corrected chi connectivity index (χ2v) is 4.24. The van der Waals surface area contributed by atoms with E-state index in [-0.39, 0.29) is 16.9 Å². The Hall–Kier alpha value is -2.32. The number of anilines is 1. The Morgan fingerprint density at radius 2 is 2.05 bits per heavy atom. The van der Waals surface area contributed by atoms with E-state index in [0.29, 0.717) is 0 Å². The highest BCUT2D eigenvalue weighted by atomic mass is 19.4. The minimum absolute atomic E-state index is 0.0250. The number of carbonyl (C=O) groups excluding carboxylic acids is 1. The lowest BCUT2D eigenvalue weighted by Crippen LogP contribution is -2.25. The van der Waals surface area contributed by atoms with Gasteiger partial charge in [0.1, 0.15) is 5.69 Å². The number of hydrogen-bond acceptors (Lipinski definition) is 5. The fourth-order valence-corrected chi connectivity index (χ4v) is 1.64. The minimum Gasteiger partial charge on any atom is -0.465 e. The summed E-state index contributed by atoms with van der Waals surface area (Å²) < 4.78 is 41.1. The molecule has 0 atom stereocenters. The molecule has 0 aliphatic heterocycles. The first-order chi connectivity index (χ1) is 9.65. The van der Waals surface area contributed by atoms with Gasteiger partial charge >= 0.3 is 12.1 Å². The molecule has 0 unspecified atom stereocenters. The van der Waals surface area contributed by atoms with E-state index < -0.39 is 30.0 Å². The van der Waals surface area contributed by atoms with Gasteiger partial charge in [0.25, 0.3) is 5.69 Å². The van der Waals surface area contributed by atoms with E-state index in [9.17, 15) is 28.1 Å². The van der Waals surface area contributed by atoms with E-state index in [2.05, 4.69) is 4.74 Å². The molecular weight excluding hydrogens is 293 g/mol. The van der Waals surface area contributed by atoms with Crippen LogP contribution in [0.5, 0.6) is 0 Å². The lowest BCUT2D eigenvalue weighted by molar-refractivity contribution is -0.384. The van der Waals surface area contributed by atoms with Crippen LogP contribution >= 0.6 is 0 Å². The van der Waals surface area contributed by atoms with Crippen LogP contribution in [0.25, 0.3) is 0 Å². The van der Waals surface area contributed by atoms with Gasteiger partial charge in [0.2, 0.25) is 0 Å². The summed E-state index contributed by atoms with van der Waals surface area (Å²) in [6, 6.07) is 3.39. The van der Waals surface area contributed by atoms with Crippen molar-refractivity contribution < 1.29 is 27.6 Å². The van der Waals surface area contributed by atoms with E-state index >= 15 is 0 Å². The van der Waals surface area contributed by atoms with E-state index in [1.165, 1.54) is 13.1 Å². The number of ether oxygens (including phenoxy) is 1. The van der Waals surface area contributed by atoms with E-state index in [4.69, 9.17) is 0 Å². The number of hydrogen-bond donors (Lipinski definition) is 0. The van der Waals surface area contributed by atoms with Gasteiger partial charge in [-0.3, -0.25) is 10.1 Å². The SMILES string of the molecule is COC(=O)c1ccc([N+](=O)[O-])c(N(C)CCC(F)(F)F)c1. The summed E-state index contributed by atoms with van der Waals surface area (Å²) in [5.41, 5.74) is -0.434. The van der Waals surface area contributed by atoms with Gasteiger partial charge in [-0.25, -0.2) is 4.79 Å². The largest absolute Gasteiger partial charge is 0.465 e. The molecule has 0 aliphatic carbocycles. The minimum atomic E-state index is -4.37. The molecule has 0 aromatic heterocycles. The van der Waals surface area contributed by atoms with Crippen LogP contribution in [0, 0.1) is 10.1 Å². The van der Waals surface area contributed by atoms with Crippen molar-refractivity contribution in [1.29, 1.82) is 0 Å². The Labute approximate surface area is 118 Å². The van der Waals surface area contributed by atoms with Crippen LogP contribution < -0.4 is 4.90 Å². The monoisotopic (exact) mass is 306 g/mol. The number of carbonyl (C=O) groups is 1. The summed E-state index contributed by atoms with van der Waals surface area (Å²) in [6.07, 6.45) is -5.49. The van der Waals surface area contributed by atoms with Gasteiger partial charge in [0, 0.05) is 19.7 Å². The fourth-order valence-electron chi connectivity index (χ4n) is 1.64. The number of nitro groups is 1. The maximum atomic E-state index is 12.2. The van der Waals surface area contributed by atoms with Gasteiger partial charge in [0.05, 0.1) is 24.0 Å². The molecule has 0 amide bonds. The number of esters is 1. The molecule has 116 valence electrons. The lowest BCUT2D eigenvalue weighted by atomic mass is 10.1. The topological polar surface area (TPSA) is 72.7 Å². The Bertz CT molecular complexity index is 546. The zero-order chi connectivity index (χ0) is 16.2. The molecular formula is C12H13F3N2O4. The number of halogens is 3. The third-order valence-corrected chi connectivity index (χ3v) is 2.74. The van der Waals surface area contributed by atoms with E-state index in [1.54, 1.807) is 0 Å². The molecule has 1 aromatic rings. The standard InChI is InChI=1S/C12H13F3N2O4/c1-16(6-5-12(13,14)15)10-7-8(11(18)21-2)3-4-9(10)17(19)20/h3-4,7H,5-6H2,1-2H3. The van der Waals surface area contributed by atoms with Gasteiger partial charge in [0.15, 0.2) is 0 Å². The highest BCUT2D eigenvalue weighted by molar-refractivity contribution is 5.91. The van der Waals surface area contributed by atoms with Crippen molar-refractivity contribution >= 4 is 17.3 Å². The van der Waals surface area contributed by atoms with Crippen LogP contribution in [0.3, 0.4) is 0 Å². The van der Waals surface area contributed by atoms with Crippen molar-refractivity contribution in [3.8, 4) is 0 Å². The number of alkyl halides is 3. The molecule has 0 N–H and O–H groups in total. The normalized spacial score (nSPS) is 11.1. The number of nitro benzene ring substituents is 1. The predicted octanol–water partition coefficient (Wildman–Crippen LogP) is 2.77. The summed E-state index contributed by atoms with van der Waals surface area (Å²) in [6.45, 7) is -0.463. The smallest absolute Gasteiger partial charge is 0.390 e. The fraction of sp³-hybridized carbons (Fsp3) is 0.417. The van der Waals surface area contributed by atoms with Crippen molar-refractivity contribution in [2.45, 2.75) is 12.6 Å². The average Bonchev–Trinajstić information content (AvgIpc) is 2.42. The Morgan fingerprint density at radius 1 is 1.43 bits per heavy atom. The summed E-state index contributed by atoms with van der Waals surface area (Å²) in [4.78, 5) is 22.7. The summed E-state index contributed by atoms with van der Waals surface area (Å²) in [7, 11) is 2.42. The van der Waals surface area contributed by atoms with Gasteiger partial charge in [-0.05, 0) is 12.1 Å². The number of methoxy groups -OCH3 is 1. The van der Waals surface area contributed by atoms with Crippen LogP contribution in [0.4, 0.5) is 24.5 Å². The molecule has 21 heavy (non-hydrogen) atoms. The van der Waals surface area contributed by atoms with Crippen LogP contribution in [0.2, 0.25) is 0 Å². The van der Waals surface area contributed by atoms with Crippen molar-refractivity contribution in [3.05, 3.63) is 33.9 Å².